The van der Waals surface area contributed by atoms with Crippen LogP contribution in [0.3, 0.4) is 0 Å². The molecule has 0 aromatic heterocycles. The van der Waals surface area contributed by atoms with E-state index in [0.29, 0.717) is 0 Å². The molecule has 24 valence electrons. The maximum atomic E-state index is 4.50. The number of rotatable bonds is 0. The SMILES string of the molecule is [B+2]C.[OH-].[OH-]. The second-order valence-electron chi connectivity index (χ2n) is 0. The van der Waals surface area contributed by atoms with Gasteiger partial charge in [-0.1, -0.05) is 0 Å². The van der Waals surface area contributed by atoms with Gasteiger partial charge in [-0.25, -0.2) is 0 Å². The third kappa shape index (κ3) is 8480. The van der Waals surface area contributed by atoms with Crippen molar-refractivity contribution in [1.82, 2.24) is 0 Å². The van der Waals surface area contributed by atoms with E-state index in [-0.39, 0.29) is 11.0 Å². The zero-order chi connectivity index (χ0) is 2.00. The normalized spacial score (nSPS) is 1.75. The predicted octanol–water partition coefficient (Wildman–Crippen LogP) is -0.151. The first-order chi connectivity index (χ1) is 1.00. The van der Waals surface area contributed by atoms with Crippen LogP contribution in [-0.2, 0) is 0 Å². The van der Waals surface area contributed by atoms with Gasteiger partial charge in [-0.05, 0) is 0 Å². The van der Waals surface area contributed by atoms with Gasteiger partial charge in [0.25, 0.3) is 0 Å². The van der Waals surface area contributed by atoms with Gasteiger partial charge in [0, 0.05) is 0 Å². The molecule has 0 aromatic rings. The van der Waals surface area contributed by atoms with Gasteiger partial charge >= 0.3 is 14.7 Å². The second-order valence-corrected chi connectivity index (χ2v) is 0. The van der Waals surface area contributed by atoms with E-state index < -0.39 is 0 Å². The van der Waals surface area contributed by atoms with Gasteiger partial charge in [0.15, 0.2) is 0 Å². The monoisotopic (exact) mass is 60.0 g/mol. The minimum atomic E-state index is 0. The molecule has 0 radical (unpaired) electrons. The standard InChI is InChI=1S/CH3B.2H2O/c1-2;;/h1H3;2*1H2/q+2;;/p-2. The predicted molar refractivity (Wildman–Crippen MR) is 15.5 cm³/mol. The quantitative estimate of drug-likeness (QED) is 0.365. The molecule has 0 saturated heterocycles. The van der Waals surface area contributed by atoms with Gasteiger partial charge < -0.3 is 11.0 Å². The topological polar surface area (TPSA) is 60.0 Å². The molecular formula is CH5BO2. The maximum absolute atomic E-state index is 4.50. The summed E-state index contributed by atoms with van der Waals surface area (Å²) in [5.74, 6) is 0. The molecule has 0 fully saturated rings. The zero-order valence-electron chi connectivity index (χ0n) is 2.47. The Kier molecular flexibility index (Phi) is 474000. The van der Waals surface area contributed by atoms with Gasteiger partial charge in [0.2, 0.25) is 0 Å². The molecule has 0 unspecified atom stereocenters. The van der Waals surface area contributed by atoms with E-state index in [2.05, 4.69) is 7.85 Å². The molecule has 0 amide bonds. The van der Waals surface area contributed by atoms with Crippen LogP contribution >= 0.6 is 0 Å². The van der Waals surface area contributed by atoms with Gasteiger partial charge in [0.1, 0.15) is 0 Å². The Bertz CT molecular complexity index is 6.00. The van der Waals surface area contributed by atoms with Crippen molar-refractivity contribution >= 4 is 7.85 Å². The van der Waals surface area contributed by atoms with Crippen LogP contribution in [0.25, 0.3) is 0 Å². The average Bonchev–Trinajstić information content (AvgIpc) is 1.00. The molecule has 2 N–H and O–H groups in total. The van der Waals surface area contributed by atoms with E-state index in [4.69, 9.17) is 0 Å². The summed E-state index contributed by atoms with van der Waals surface area (Å²) in [5, 5.41) is 0. The first-order valence-electron chi connectivity index (χ1n) is 0.577. The third-order valence-corrected chi connectivity index (χ3v) is 0. The Morgan fingerprint density at radius 1 is 1.00 bits per heavy atom. The van der Waals surface area contributed by atoms with Crippen LogP contribution in [0.15, 0.2) is 0 Å². The molecule has 0 rings (SSSR count). The van der Waals surface area contributed by atoms with Crippen LogP contribution < -0.4 is 0 Å². The molecule has 0 bridgehead atoms. The largest absolute Gasteiger partial charge is 0.870 e. The molecule has 0 aliphatic carbocycles. The molecule has 0 aromatic carbocycles. The summed E-state index contributed by atoms with van der Waals surface area (Å²) in [6.45, 7) is 1.50. The molecule has 0 spiro atoms. The molecule has 0 aliphatic rings. The number of hydrogen-bond acceptors (Lipinski definition) is 2. The Morgan fingerprint density at radius 2 is 1.00 bits per heavy atom. The fraction of sp³-hybridized carbons (Fsp3) is 1.00. The molecular weight excluding hydrogens is 54.8 g/mol. The van der Waals surface area contributed by atoms with Crippen molar-refractivity contribution in [3.63, 3.8) is 0 Å². The summed E-state index contributed by atoms with van der Waals surface area (Å²) < 4.78 is 0. The van der Waals surface area contributed by atoms with Crippen molar-refractivity contribution in [2.75, 3.05) is 0 Å². The first-order valence-corrected chi connectivity index (χ1v) is 0.577. The smallest absolute Gasteiger partial charge is 0.870 e. The molecule has 4 heavy (non-hydrogen) atoms. The van der Waals surface area contributed by atoms with E-state index >= 15 is 0 Å². The number of hydrogen-bond donors (Lipinski definition) is 0. The van der Waals surface area contributed by atoms with E-state index in [1.807, 2.05) is 0 Å². The van der Waals surface area contributed by atoms with Crippen molar-refractivity contribution < 1.29 is 11.0 Å². The van der Waals surface area contributed by atoms with E-state index in [9.17, 15) is 0 Å². The Hall–Kier alpha value is -0.0151. The summed E-state index contributed by atoms with van der Waals surface area (Å²) in [5.41, 5.74) is 0. The summed E-state index contributed by atoms with van der Waals surface area (Å²) in [6.07, 6.45) is 0. The van der Waals surface area contributed by atoms with Crippen molar-refractivity contribution in [3.8, 4) is 0 Å². The Balaban J connectivity index is -0.00000000500. The summed E-state index contributed by atoms with van der Waals surface area (Å²) in [4.78, 5) is 0. The van der Waals surface area contributed by atoms with Crippen molar-refractivity contribution in [1.29, 1.82) is 0 Å². The van der Waals surface area contributed by atoms with Crippen LogP contribution in [0.5, 0.6) is 0 Å². The fourth-order valence-corrected chi connectivity index (χ4v) is 0. The van der Waals surface area contributed by atoms with E-state index in [1.165, 1.54) is 6.82 Å². The molecule has 3 heteroatoms. The van der Waals surface area contributed by atoms with Crippen LogP contribution in [-0.4, -0.2) is 18.8 Å². The fourth-order valence-electron chi connectivity index (χ4n) is 0. The van der Waals surface area contributed by atoms with Crippen molar-refractivity contribution in [2.24, 2.45) is 0 Å². The Labute approximate surface area is 26.9 Å². The zero-order valence-corrected chi connectivity index (χ0v) is 2.47. The third-order valence-electron chi connectivity index (χ3n) is 0. The summed E-state index contributed by atoms with van der Waals surface area (Å²) in [6, 6.07) is 0. The Morgan fingerprint density at radius 3 is 1.00 bits per heavy atom. The van der Waals surface area contributed by atoms with Crippen LogP contribution in [0, 0.1) is 0 Å². The van der Waals surface area contributed by atoms with Crippen LogP contribution in [0.2, 0.25) is 6.82 Å². The average molecular weight is 59.9 g/mol. The molecule has 2 nitrogen and oxygen atoms in total. The van der Waals surface area contributed by atoms with Crippen molar-refractivity contribution in [2.45, 2.75) is 6.82 Å². The molecule has 0 atom stereocenters. The first kappa shape index (κ1) is 36.6. The van der Waals surface area contributed by atoms with Gasteiger partial charge in [-0.2, -0.15) is 0 Å². The van der Waals surface area contributed by atoms with Crippen LogP contribution in [0.4, 0.5) is 0 Å². The second kappa shape index (κ2) is 51800. The molecule has 0 heterocycles. The molecule has 0 aliphatic heterocycles. The minimum absolute atomic E-state index is 0. The van der Waals surface area contributed by atoms with Gasteiger partial charge in [-0.3, -0.25) is 0 Å². The van der Waals surface area contributed by atoms with E-state index in [0.717, 1.165) is 0 Å². The van der Waals surface area contributed by atoms with E-state index in [1.54, 1.807) is 0 Å². The van der Waals surface area contributed by atoms with Gasteiger partial charge in [-0.15, -0.1) is 0 Å². The summed E-state index contributed by atoms with van der Waals surface area (Å²) in [7, 11) is 4.50. The van der Waals surface area contributed by atoms with Crippen molar-refractivity contribution in [3.05, 3.63) is 0 Å². The van der Waals surface area contributed by atoms with Crippen LogP contribution in [0.1, 0.15) is 0 Å². The molecule has 0 saturated carbocycles. The van der Waals surface area contributed by atoms with Gasteiger partial charge in [0.05, 0.1) is 0 Å². The maximum Gasteiger partial charge on any atom is -0.870 e. The summed E-state index contributed by atoms with van der Waals surface area (Å²) >= 11 is 0. The minimum Gasteiger partial charge on any atom is -0.870 e.